The minimum Gasteiger partial charge on any atom is -0.491 e. The van der Waals surface area contributed by atoms with Crippen molar-refractivity contribution in [2.45, 2.75) is 26.0 Å². The fourth-order valence-corrected chi connectivity index (χ4v) is 1.26. The largest absolute Gasteiger partial charge is 0.491 e. The zero-order valence-corrected chi connectivity index (χ0v) is 9.94. The van der Waals surface area contributed by atoms with Crippen molar-refractivity contribution in [1.82, 2.24) is 5.32 Å². The minimum atomic E-state index is -0.498. The summed E-state index contributed by atoms with van der Waals surface area (Å²) in [5.41, 5.74) is 0.839. The second-order valence-electron chi connectivity index (χ2n) is 4.14. The molecule has 0 fully saturated rings. The molecule has 0 aliphatic rings. The number of ether oxygens (including phenoxy) is 1. The van der Waals surface area contributed by atoms with Gasteiger partial charge in [-0.05, 0) is 18.6 Å². The summed E-state index contributed by atoms with van der Waals surface area (Å²) in [7, 11) is 0. The van der Waals surface area contributed by atoms with E-state index >= 15 is 0 Å². The Balaban J connectivity index is 2.31. The Morgan fingerprint density at radius 1 is 1.38 bits per heavy atom. The molecule has 1 unspecified atom stereocenters. The van der Waals surface area contributed by atoms with Crippen LogP contribution in [0, 0.1) is 6.92 Å². The van der Waals surface area contributed by atoms with Crippen LogP contribution in [0.15, 0.2) is 24.3 Å². The average Bonchev–Trinajstić information content (AvgIpc) is 2.25. The zero-order valence-electron chi connectivity index (χ0n) is 9.94. The molecule has 1 rings (SSSR count). The Kier molecular flexibility index (Phi) is 5.29. The second-order valence-corrected chi connectivity index (χ2v) is 4.14. The lowest BCUT2D eigenvalue weighted by Gasteiger charge is -2.15. The summed E-state index contributed by atoms with van der Waals surface area (Å²) in [6.07, 6.45) is -0.498. The number of aliphatic hydroxyl groups excluding tert-OH is 1. The Morgan fingerprint density at radius 2 is 2.06 bits per heavy atom. The number of aliphatic hydroxyl groups is 1. The van der Waals surface area contributed by atoms with Gasteiger partial charge < -0.3 is 15.2 Å². The van der Waals surface area contributed by atoms with E-state index in [0.29, 0.717) is 12.6 Å². The number of nitrogens with one attached hydrogen (secondary N) is 1. The van der Waals surface area contributed by atoms with Gasteiger partial charge in [0, 0.05) is 12.6 Å². The first-order chi connectivity index (χ1) is 7.59. The highest BCUT2D eigenvalue weighted by Crippen LogP contribution is 2.16. The van der Waals surface area contributed by atoms with E-state index in [0.717, 1.165) is 11.3 Å². The molecular formula is C13H20NO2. The normalized spacial score (nSPS) is 12.8. The fraction of sp³-hybridized carbons (Fsp3) is 0.462. The van der Waals surface area contributed by atoms with E-state index < -0.39 is 6.10 Å². The van der Waals surface area contributed by atoms with Gasteiger partial charge in [-0.2, -0.15) is 0 Å². The predicted molar refractivity (Wildman–Crippen MR) is 65.5 cm³/mol. The molecule has 0 spiro atoms. The number of rotatable bonds is 6. The quantitative estimate of drug-likeness (QED) is 0.768. The van der Waals surface area contributed by atoms with Gasteiger partial charge in [0.2, 0.25) is 0 Å². The van der Waals surface area contributed by atoms with Crippen molar-refractivity contribution in [3.63, 3.8) is 0 Å². The van der Waals surface area contributed by atoms with Crippen molar-refractivity contribution in [3.8, 4) is 5.75 Å². The van der Waals surface area contributed by atoms with Crippen LogP contribution >= 0.6 is 0 Å². The van der Waals surface area contributed by atoms with Crippen LogP contribution in [0.4, 0.5) is 0 Å². The predicted octanol–water partition coefficient (Wildman–Crippen LogP) is 1.61. The highest BCUT2D eigenvalue weighted by molar-refractivity contribution is 5.35. The maximum atomic E-state index is 9.64. The first-order valence-corrected chi connectivity index (χ1v) is 5.55. The molecule has 0 aliphatic carbocycles. The van der Waals surface area contributed by atoms with E-state index in [9.17, 15) is 5.11 Å². The first kappa shape index (κ1) is 13.0. The van der Waals surface area contributed by atoms with Crippen LogP contribution in [0.1, 0.15) is 19.4 Å². The van der Waals surface area contributed by atoms with Gasteiger partial charge in [0.05, 0.1) is 0 Å². The fourth-order valence-electron chi connectivity index (χ4n) is 1.26. The molecule has 0 heterocycles. The summed E-state index contributed by atoms with van der Waals surface area (Å²) in [4.78, 5) is 0. The maximum Gasteiger partial charge on any atom is 0.122 e. The third-order valence-electron chi connectivity index (χ3n) is 2.17. The molecule has 1 radical (unpaired) electrons. The summed E-state index contributed by atoms with van der Waals surface area (Å²) < 4.78 is 5.48. The molecule has 0 saturated heterocycles. The van der Waals surface area contributed by atoms with E-state index in [4.69, 9.17) is 4.74 Å². The van der Waals surface area contributed by atoms with Gasteiger partial charge in [-0.1, -0.05) is 32.0 Å². The molecule has 3 heteroatoms. The van der Waals surface area contributed by atoms with Crippen molar-refractivity contribution in [1.29, 1.82) is 0 Å². The maximum absolute atomic E-state index is 9.64. The number of para-hydroxylation sites is 1. The molecule has 16 heavy (non-hydrogen) atoms. The summed E-state index contributed by atoms with van der Waals surface area (Å²) in [6, 6.07) is 7.91. The number of benzene rings is 1. The second kappa shape index (κ2) is 6.51. The lowest BCUT2D eigenvalue weighted by Crippen LogP contribution is -2.35. The lowest BCUT2D eigenvalue weighted by molar-refractivity contribution is 0.104. The Hall–Kier alpha value is -1.06. The van der Waals surface area contributed by atoms with E-state index in [2.05, 4.69) is 12.2 Å². The first-order valence-electron chi connectivity index (χ1n) is 5.55. The molecule has 1 aromatic carbocycles. The summed E-state index contributed by atoms with van der Waals surface area (Å²) in [5.74, 6) is 0.728. The van der Waals surface area contributed by atoms with Crippen LogP contribution in [0.3, 0.4) is 0 Å². The van der Waals surface area contributed by atoms with Crippen molar-refractivity contribution >= 4 is 0 Å². The monoisotopic (exact) mass is 222 g/mol. The van der Waals surface area contributed by atoms with Gasteiger partial charge in [0.25, 0.3) is 0 Å². The molecule has 2 N–H and O–H groups in total. The van der Waals surface area contributed by atoms with Crippen LogP contribution < -0.4 is 10.1 Å². The van der Waals surface area contributed by atoms with Crippen molar-refractivity contribution < 1.29 is 9.84 Å². The molecular weight excluding hydrogens is 202 g/mol. The van der Waals surface area contributed by atoms with E-state index in [1.807, 2.05) is 38.1 Å². The van der Waals surface area contributed by atoms with Gasteiger partial charge >= 0.3 is 0 Å². The lowest BCUT2D eigenvalue weighted by atomic mass is 10.2. The van der Waals surface area contributed by atoms with E-state index in [-0.39, 0.29) is 6.61 Å². The van der Waals surface area contributed by atoms with Crippen molar-refractivity contribution in [2.24, 2.45) is 0 Å². The molecule has 0 aliphatic heterocycles. The van der Waals surface area contributed by atoms with Gasteiger partial charge in [-0.15, -0.1) is 0 Å². The van der Waals surface area contributed by atoms with Crippen LogP contribution in [0.25, 0.3) is 0 Å². The molecule has 0 bridgehead atoms. The molecule has 0 amide bonds. The molecule has 3 nitrogen and oxygen atoms in total. The molecule has 89 valence electrons. The SMILES string of the molecule is [CH2]c1ccccc1OCC(O)CNC(C)C. The van der Waals surface area contributed by atoms with Crippen LogP contribution in [-0.2, 0) is 0 Å². The molecule has 1 atom stereocenters. The zero-order chi connectivity index (χ0) is 12.0. The topological polar surface area (TPSA) is 41.5 Å². The third kappa shape index (κ3) is 4.64. The number of hydrogen-bond acceptors (Lipinski definition) is 3. The van der Waals surface area contributed by atoms with E-state index in [1.54, 1.807) is 0 Å². The smallest absolute Gasteiger partial charge is 0.122 e. The summed E-state index contributed by atoms with van der Waals surface area (Å²) >= 11 is 0. The number of hydrogen-bond donors (Lipinski definition) is 2. The Morgan fingerprint density at radius 3 is 2.69 bits per heavy atom. The Bertz CT molecular complexity index is 313. The van der Waals surface area contributed by atoms with Crippen LogP contribution in [0.5, 0.6) is 5.75 Å². The molecule has 1 aromatic rings. The van der Waals surface area contributed by atoms with Gasteiger partial charge in [-0.25, -0.2) is 0 Å². The van der Waals surface area contributed by atoms with Gasteiger partial charge in [0.15, 0.2) is 0 Å². The van der Waals surface area contributed by atoms with Gasteiger partial charge in [-0.3, -0.25) is 0 Å². The molecule has 0 saturated carbocycles. The highest BCUT2D eigenvalue weighted by atomic mass is 16.5. The van der Waals surface area contributed by atoms with Crippen LogP contribution in [0.2, 0.25) is 0 Å². The van der Waals surface area contributed by atoms with E-state index in [1.165, 1.54) is 0 Å². The summed E-state index contributed by atoms with van der Waals surface area (Å²) in [5, 5.41) is 12.8. The average molecular weight is 222 g/mol. The minimum absolute atomic E-state index is 0.284. The third-order valence-corrected chi connectivity index (χ3v) is 2.17. The van der Waals surface area contributed by atoms with Crippen molar-refractivity contribution in [2.75, 3.05) is 13.2 Å². The Labute approximate surface area is 97.4 Å². The van der Waals surface area contributed by atoms with Crippen LogP contribution in [-0.4, -0.2) is 30.4 Å². The molecule has 0 aromatic heterocycles. The van der Waals surface area contributed by atoms with Crippen molar-refractivity contribution in [3.05, 3.63) is 36.8 Å². The summed E-state index contributed by atoms with van der Waals surface area (Å²) in [6.45, 7) is 8.75. The highest BCUT2D eigenvalue weighted by Gasteiger charge is 2.06. The van der Waals surface area contributed by atoms with Gasteiger partial charge in [0.1, 0.15) is 18.5 Å². The standard InChI is InChI=1S/C13H20NO2/c1-10(2)14-8-12(15)9-16-13-7-5-4-6-11(13)3/h4-7,10,12,14-15H,3,8-9H2,1-2H3.